The Balaban J connectivity index is 2.68. The molecule has 2 N–H and O–H groups in total. The average molecular weight is 232 g/mol. The molecule has 17 heavy (non-hydrogen) atoms. The first kappa shape index (κ1) is 11.0. The SMILES string of the molecule is CC(C#N)(C(=O)O)c1ccc2oc(=O)[nH]c2c1. The number of benzene rings is 1. The molecule has 0 fully saturated rings. The zero-order valence-corrected chi connectivity index (χ0v) is 8.85. The van der Waals surface area contributed by atoms with E-state index in [1.807, 2.05) is 0 Å². The van der Waals surface area contributed by atoms with Crippen molar-refractivity contribution in [1.29, 1.82) is 5.26 Å². The van der Waals surface area contributed by atoms with Crippen molar-refractivity contribution in [3.05, 3.63) is 34.3 Å². The highest BCUT2D eigenvalue weighted by Crippen LogP contribution is 2.25. The van der Waals surface area contributed by atoms with Crippen LogP contribution in [0.15, 0.2) is 27.4 Å². The Morgan fingerprint density at radius 2 is 2.29 bits per heavy atom. The summed E-state index contributed by atoms with van der Waals surface area (Å²) < 4.78 is 4.79. The number of fused-ring (bicyclic) bond motifs is 1. The van der Waals surface area contributed by atoms with Gasteiger partial charge in [0.15, 0.2) is 11.0 Å². The molecule has 0 saturated heterocycles. The molecule has 1 atom stereocenters. The van der Waals surface area contributed by atoms with Gasteiger partial charge in [0.25, 0.3) is 0 Å². The second-order valence-electron chi connectivity index (χ2n) is 3.77. The maximum absolute atomic E-state index is 11.1. The number of hydrogen-bond acceptors (Lipinski definition) is 4. The molecule has 1 aromatic heterocycles. The van der Waals surface area contributed by atoms with Crippen molar-refractivity contribution in [2.24, 2.45) is 0 Å². The molecule has 6 heteroatoms. The number of carboxylic acids is 1. The molecule has 2 rings (SSSR count). The molecule has 2 aromatic rings. The fourth-order valence-corrected chi connectivity index (χ4v) is 1.50. The number of aromatic nitrogens is 1. The summed E-state index contributed by atoms with van der Waals surface area (Å²) in [5.74, 6) is -1.86. The Hall–Kier alpha value is -2.55. The van der Waals surface area contributed by atoms with Gasteiger partial charge in [0.2, 0.25) is 0 Å². The average Bonchev–Trinajstić information content (AvgIpc) is 2.66. The van der Waals surface area contributed by atoms with Gasteiger partial charge in [-0.25, -0.2) is 4.79 Å². The number of oxazole rings is 1. The second-order valence-corrected chi connectivity index (χ2v) is 3.77. The number of H-pyrrole nitrogens is 1. The van der Waals surface area contributed by atoms with E-state index in [-0.39, 0.29) is 5.56 Å². The first-order valence-electron chi connectivity index (χ1n) is 4.75. The van der Waals surface area contributed by atoms with Crippen LogP contribution in [0.3, 0.4) is 0 Å². The standard InChI is InChI=1S/C11H8N2O4/c1-11(5-12,9(14)15)6-2-3-8-7(4-6)13-10(16)17-8/h2-4H,1H3,(H,13,16)(H,14,15). The van der Waals surface area contributed by atoms with E-state index in [0.717, 1.165) is 0 Å². The van der Waals surface area contributed by atoms with Crippen LogP contribution in [0.4, 0.5) is 0 Å². The molecule has 1 aromatic carbocycles. The lowest BCUT2D eigenvalue weighted by atomic mass is 9.84. The fraction of sp³-hybridized carbons (Fsp3) is 0.182. The van der Waals surface area contributed by atoms with Gasteiger partial charge in [-0.3, -0.25) is 9.78 Å². The number of nitrogens with zero attached hydrogens (tertiary/aromatic N) is 1. The molecule has 0 aliphatic carbocycles. The van der Waals surface area contributed by atoms with Crippen LogP contribution in [-0.4, -0.2) is 16.1 Å². The molecule has 6 nitrogen and oxygen atoms in total. The zero-order valence-electron chi connectivity index (χ0n) is 8.85. The van der Waals surface area contributed by atoms with E-state index in [4.69, 9.17) is 14.8 Å². The lowest BCUT2D eigenvalue weighted by molar-refractivity contribution is -0.140. The number of hydrogen-bond donors (Lipinski definition) is 2. The molecule has 1 heterocycles. The number of carboxylic acid groups (broad SMARTS) is 1. The maximum atomic E-state index is 11.1. The summed E-state index contributed by atoms with van der Waals surface area (Å²) in [5, 5.41) is 18.0. The van der Waals surface area contributed by atoms with E-state index < -0.39 is 17.1 Å². The lowest BCUT2D eigenvalue weighted by Gasteiger charge is -2.15. The van der Waals surface area contributed by atoms with Gasteiger partial charge in [0.05, 0.1) is 11.6 Å². The smallest absolute Gasteiger partial charge is 0.417 e. The number of rotatable bonds is 2. The topological polar surface area (TPSA) is 107 Å². The van der Waals surface area contributed by atoms with Crippen molar-refractivity contribution in [2.45, 2.75) is 12.3 Å². The first-order valence-corrected chi connectivity index (χ1v) is 4.75. The van der Waals surface area contributed by atoms with Crippen molar-refractivity contribution in [1.82, 2.24) is 4.98 Å². The van der Waals surface area contributed by atoms with Crippen LogP contribution in [0.1, 0.15) is 12.5 Å². The third kappa shape index (κ3) is 1.58. The lowest BCUT2D eigenvalue weighted by Crippen LogP contribution is -2.30. The van der Waals surface area contributed by atoms with E-state index in [1.165, 1.54) is 25.1 Å². The van der Waals surface area contributed by atoms with Crippen LogP contribution in [0.5, 0.6) is 0 Å². The summed E-state index contributed by atoms with van der Waals surface area (Å²) >= 11 is 0. The molecular formula is C11H8N2O4. The highest BCUT2D eigenvalue weighted by atomic mass is 16.4. The van der Waals surface area contributed by atoms with Gasteiger partial charge in [-0.2, -0.15) is 5.26 Å². The van der Waals surface area contributed by atoms with E-state index in [0.29, 0.717) is 11.1 Å². The monoisotopic (exact) mass is 232 g/mol. The van der Waals surface area contributed by atoms with Crippen molar-refractivity contribution in [3.8, 4) is 6.07 Å². The minimum atomic E-state index is -1.65. The summed E-state index contributed by atoms with van der Waals surface area (Å²) in [6.07, 6.45) is 0. The predicted octanol–water partition coefficient (Wildman–Crippen LogP) is 0.987. The van der Waals surface area contributed by atoms with Crippen molar-refractivity contribution >= 4 is 17.1 Å². The molecule has 86 valence electrons. The van der Waals surface area contributed by atoms with Crippen LogP contribution in [0.2, 0.25) is 0 Å². The van der Waals surface area contributed by atoms with Gasteiger partial charge < -0.3 is 9.52 Å². The minimum absolute atomic E-state index is 0.289. The molecule has 0 aliphatic heterocycles. The van der Waals surface area contributed by atoms with Gasteiger partial charge in [-0.1, -0.05) is 6.07 Å². The Kier molecular flexibility index (Phi) is 2.25. The Bertz CT molecular complexity index is 691. The summed E-state index contributed by atoms with van der Waals surface area (Å²) in [7, 11) is 0. The maximum Gasteiger partial charge on any atom is 0.417 e. The Morgan fingerprint density at radius 3 is 2.88 bits per heavy atom. The van der Waals surface area contributed by atoms with Crippen molar-refractivity contribution in [3.63, 3.8) is 0 Å². The summed E-state index contributed by atoms with van der Waals surface area (Å²) in [5.41, 5.74) is -0.667. The highest BCUT2D eigenvalue weighted by Gasteiger charge is 2.35. The van der Waals surface area contributed by atoms with Gasteiger partial charge in [-0.05, 0) is 24.6 Å². The quantitative estimate of drug-likeness (QED) is 0.802. The Morgan fingerprint density at radius 1 is 1.59 bits per heavy atom. The van der Waals surface area contributed by atoms with Crippen LogP contribution < -0.4 is 5.76 Å². The molecule has 0 spiro atoms. The predicted molar refractivity (Wildman–Crippen MR) is 57.4 cm³/mol. The van der Waals surface area contributed by atoms with Gasteiger partial charge in [0, 0.05) is 0 Å². The highest BCUT2D eigenvalue weighted by molar-refractivity contribution is 5.86. The van der Waals surface area contributed by atoms with E-state index >= 15 is 0 Å². The normalized spacial score (nSPS) is 14.1. The number of carbonyl (C=O) groups is 1. The Labute approximate surface area is 95.1 Å². The second kappa shape index (κ2) is 3.49. The van der Waals surface area contributed by atoms with E-state index in [9.17, 15) is 9.59 Å². The minimum Gasteiger partial charge on any atom is -0.480 e. The molecule has 0 amide bonds. The van der Waals surface area contributed by atoms with Gasteiger partial charge >= 0.3 is 11.7 Å². The zero-order chi connectivity index (χ0) is 12.6. The van der Waals surface area contributed by atoms with Crippen LogP contribution in [0, 0.1) is 11.3 Å². The fourth-order valence-electron chi connectivity index (χ4n) is 1.50. The van der Waals surface area contributed by atoms with Crippen LogP contribution in [0.25, 0.3) is 11.1 Å². The molecule has 0 radical (unpaired) electrons. The van der Waals surface area contributed by atoms with Gasteiger partial charge in [0.1, 0.15) is 0 Å². The summed E-state index contributed by atoms with van der Waals surface area (Å²) in [4.78, 5) is 24.4. The summed E-state index contributed by atoms with van der Waals surface area (Å²) in [6.45, 7) is 1.30. The van der Waals surface area contributed by atoms with E-state index in [2.05, 4.69) is 4.98 Å². The summed E-state index contributed by atoms with van der Waals surface area (Å²) in [6, 6.07) is 6.09. The third-order valence-corrected chi connectivity index (χ3v) is 2.65. The van der Waals surface area contributed by atoms with E-state index in [1.54, 1.807) is 6.07 Å². The molecule has 0 bridgehead atoms. The number of nitrogens with one attached hydrogen (secondary N) is 1. The molecular weight excluding hydrogens is 224 g/mol. The van der Waals surface area contributed by atoms with Gasteiger partial charge in [-0.15, -0.1) is 0 Å². The van der Waals surface area contributed by atoms with Crippen molar-refractivity contribution in [2.75, 3.05) is 0 Å². The van der Waals surface area contributed by atoms with Crippen LogP contribution >= 0.6 is 0 Å². The number of nitriles is 1. The molecule has 1 unspecified atom stereocenters. The number of aliphatic carboxylic acids is 1. The first-order chi connectivity index (χ1) is 7.97. The third-order valence-electron chi connectivity index (χ3n) is 2.65. The molecule has 0 saturated carbocycles. The number of aromatic amines is 1. The van der Waals surface area contributed by atoms with Crippen LogP contribution in [-0.2, 0) is 10.2 Å². The van der Waals surface area contributed by atoms with Crippen molar-refractivity contribution < 1.29 is 14.3 Å². The largest absolute Gasteiger partial charge is 0.480 e. The molecule has 0 aliphatic rings.